The van der Waals surface area contributed by atoms with Crippen LogP contribution in [0.25, 0.3) is 0 Å². The molecule has 156 valence electrons. The van der Waals surface area contributed by atoms with E-state index >= 15 is 0 Å². The Hall–Kier alpha value is -1.49. The van der Waals surface area contributed by atoms with Gasteiger partial charge in [0.25, 0.3) is 5.91 Å². The second-order valence-corrected chi connectivity index (χ2v) is 8.53. The van der Waals surface area contributed by atoms with Gasteiger partial charge < -0.3 is 20.9 Å². The quantitative estimate of drug-likeness (QED) is 0.303. The molecule has 0 radical (unpaired) electrons. The number of hydrogen-bond acceptors (Lipinski definition) is 4. The minimum Gasteiger partial charge on any atom is -0.355 e. The molecule has 0 bridgehead atoms. The monoisotopic (exact) mass is 519 g/mol. The average Bonchev–Trinajstić information content (AvgIpc) is 2.68. The fraction of sp³-hybridized carbons (Fsp3) is 0.526. The molecule has 0 aromatic heterocycles. The Balaban J connectivity index is 0.00000392. The number of rotatable bonds is 6. The summed E-state index contributed by atoms with van der Waals surface area (Å²) in [5.74, 6) is 0.525. The molecule has 7 nitrogen and oxygen atoms in total. The lowest BCUT2D eigenvalue weighted by Crippen LogP contribution is -2.49. The van der Waals surface area contributed by atoms with Crippen molar-refractivity contribution < 1.29 is 9.59 Å². The van der Waals surface area contributed by atoms with Crippen LogP contribution >= 0.6 is 35.7 Å². The zero-order chi connectivity index (χ0) is 19.9. The molecule has 1 aliphatic heterocycles. The second kappa shape index (κ2) is 11.5. The number of aliphatic imine (C=N–C) groups is 1. The molecule has 1 aromatic carbocycles. The molecule has 1 saturated heterocycles. The maximum absolute atomic E-state index is 12.5. The minimum absolute atomic E-state index is 0. The molecule has 0 saturated carbocycles. The fourth-order valence-electron chi connectivity index (χ4n) is 2.53. The van der Waals surface area contributed by atoms with Crippen LogP contribution < -0.4 is 16.0 Å². The number of guanidine groups is 1. The first kappa shape index (κ1) is 24.5. The number of amides is 2. The van der Waals surface area contributed by atoms with Crippen molar-refractivity contribution in [2.24, 2.45) is 4.99 Å². The Bertz CT molecular complexity index is 694. The Morgan fingerprint density at radius 1 is 1.29 bits per heavy atom. The molecule has 0 spiro atoms. The Labute approximate surface area is 188 Å². The van der Waals surface area contributed by atoms with Crippen molar-refractivity contribution in [2.45, 2.75) is 25.1 Å². The lowest BCUT2D eigenvalue weighted by molar-refractivity contribution is -0.123. The van der Waals surface area contributed by atoms with Gasteiger partial charge in [-0.2, -0.15) is 11.8 Å². The standard InChI is InChI=1S/C19H29N5O2S.HI/c1-19(2,27-4)13-23-18(20-3)22-11-14-5-7-15(8-6-14)17(26)24-10-9-21-16(25)12-24;/h5-8H,9-13H2,1-4H3,(H,21,25)(H2,20,22,23);1H. The van der Waals surface area contributed by atoms with Crippen LogP contribution in [0.2, 0.25) is 0 Å². The van der Waals surface area contributed by atoms with E-state index in [9.17, 15) is 9.59 Å². The van der Waals surface area contributed by atoms with Crippen molar-refractivity contribution in [1.82, 2.24) is 20.9 Å². The summed E-state index contributed by atoms with van der Waals surface area (Å²) in [5.41, 5.74) is 1.65. The van der Waals surface area contributed by atoms with Gasteiger partial charge in [0.05, 0.1) is 6.54 Å². The van der Waals surface area contributed by atoms with Gasteiger partial charge in [-0.1, -0.05) is 12.1 Å². The number of benzene rings is 1. The van der Waals surface area contributed by atoms with E-state index < -0.39 is 0 Å². The van der Waals surface area contributed by atoms with Crippen molar-refractivity contribution in [3.63, 3.8) is 0 Å². The Morgan fingerprint density at radius 2 is 1.96 bits per heavy atom. The summed E-state index contributed by atoms with van der Waals surface area (Å²) in [6, 6.07) is 7.45. The van der Waals surface area contributed by atoms with Crippen LogP contribution in [0.3, 0.4) is 0 Å². The number of nitrogens with one attached hydrogen (secondary N) is 3. The molecule has 28 heavy (non-hydrogen) atoms. The van der Waals surface area contributed by atoms with Gasteiger partial charge in [-0.05, 0) is 37.8 Å². The van der Waals surface area contributed by atoms with E-state index in [0.717, 1.165) is 18.1 Å². The van der Waals surface area contributed by atoms with E-state index in [0.29, 0.717) is 25.2 Å². The highest BCUT2D eigenvalue weighted by Gasteiger charge is 2.22. The molecule has 9 heteroatoms. The molecule has 0 unspecified atom stereocenters. The van der Waals surface area contributed by atoms with Gasteiger partial charge in [0.1, 0.15) is 0 Å². The first-order valence-corrected chi connectivity index (χ1v) is 10.2. The third kappa shape index (κ3) is 7.50. The molecule has 2 rings (SSSR count). The average molecular weight is 519 g/mol. The first-order chi connectivity index (χ1) is 12.8. The highest BCUT2D eigenvalue weighted by Crippen LogP contribution is 2.19. The fourth-order valence-corrected chi connectivity index (χ4v) is 2.75. The summed E-state index contributed by atoms with van der Waals surface area (Å²) in [5, 5.41) is 9.33. The zero-order valence-corrected chi connectivity index (χ0v) is 20.0. The van der Waals surface area contributed by atoms with Crippen LogP contribution in [-0.4, -0.2) is 66.9 Å². The van der Waals surface area contributed by atoms with Crippen molar-refractivity contribution in [3.05, 3.63) is 35.4 Å². The van der Waals surface area contributed by atoms with Crippen LogP contribution in [0.4, 0.5) is 0 Å². The SMILES string of the molecule is CN=C(NCc1ccc(C(=O)N2CCNC(=O)C2)cc1)NCC(C)(C)SC.I. The van der Waals surface area contributed by atoms with E-state index in [-0.39, 0.29) is 47.1 Å². The van der Waals surface area contributed by atoms with Gasteiger partial charge in [0.2, 0.25) is 5.91 Å². The molecular formula is C19H30IN5O2S. The largest absolute Gasteiger partial charge is 0.355 e. The molecule has 3 N–H and O–H groups in total. The number of thioether (sulfide) groups is 1. The van der Waals surface area contributed by atoms with Gasteiger partial charge in [-0.25, -0.2) is 0 Å². The Kier molecular flexibility index (Phi) is 10.1. The summed E-state index contributed by atoms with van der Waals surface area (Å²) >= 11 is 1.80. The maximum atomic E-state index is 12.5. The molecule has 1 fully saturated rings. The molecular weight excluding hydrogens is 489 g/mol. The second-order valence-electron chi connectivity index (χ2n) is 7.02. The van der Waals surface area contributed by atoms with Gasteiger partial charge in [-0.3, -0.25) is 14.6 Å². The van der Waals surface area contributed by atoms with Crippen molar-refractivity contribution in [1.29, 1.82) is 0 Å². The summed E-state index contributed by atoms with van der Waals surface area (Å²) < 4.78 is 0.130. The van der Waals surface area contributed by atoms with Crippen molar-refractivity contribution in [2.75, 3.05) is 39.5 Å². The predicted molar refractivity (Wildman–Crippen MR) is 127 cm³/mol. The van der Waals surface area contributed by atoms with Crippen molar-refractivity contribution in [3.8, 4) is 0 Å². The highest BCUT2D eigenvalue weighted by molar-refractivity contribution is 14.0. The minimum atomic E-state index is -0.112. The highest BCUT2D eigenvalue weighted by atomic mass is 127. The number of nitrogens with zero attached hydrogens (tertiary/aromatic N) is 2. The number of halogens is 1. The number of hydrogen-bond donors (Lipinski definition) is 3. The Morgan fingerprint density at radius 3 is 2.54 bits per heavy atom. The van der Waals surface area contributed by atoms with Crippen LogP contribution in [-0.2, 0) is 11.3 Å². The van der Waals surface area contributed by atoms with E-state index in [1.165, 1.54) is 0 Å². The molecule has 0 atom stereocenters. The number of piperazine rings is 1. The summed E-state index contributed by atoms with van der Waals surface area (Å²) in [7, 11) is 1.75. The summed E-state index contributed by atoms with van der Waals surface area (Å²) in [4.78, 5) is 29.7. The van der Waals surface area contributed by atoms with Crippen molar-refractivity contribution >= 4 is 53.5 Å². The van der Waals surface area contributed by atoms with Gasteiger partial charge >= 0.3 is 0 Å². The van der Waals surface area contributed by atoms with E-state index in [1.54, 1.807) is 35.8 Å². The van der Waals surface area contributed by atoms with E-state index in [1.807, 2.05) is 12.1 Å². The van der Waals surface area contributed by atoms with Crippen LogP contribution in [0.5, 0.6) is 0 Å². The molecule has 1 heterocycles. The molecule has 1 aliphatic rings. The van der Waals surface area contributed by atoms with Gasteiger partial charge in [0.15, 0.2) is 5.96 Å². The van der Waals surface area contributed by atoms with Gasteiger partial charge in [0, 0.05) is 43.5 Å². The van der Waals surface area contributed by atoms with Crippen LogP contribution in [0.15, 0.2) is 29.3 Å². The lowest BCUT2D eigenvalue weighted by Gasteiger charge is -2.26. The molecule has 0 aliphatic carbocycles. The third-order valence-corrected chi connectivity index (χ3v) is 5.69. The van der Waals surface area contributed by atoms with Gasteiger partial charge in [-0.15, -0.1) is 24.0 Å². The molecule has 2 amide bonds. The summed E-state index contributed by atoms with van der Waals surface area (Å²) in [6.45, 7) is 6.95. The molecule has 1 aromatic rings. The smallest absolute Gasteiger partial charge is 0.254 e. The normalized spacial score (nSPS) is 14.8. The first-order valence-electron chi connectivity index (χ1n) is 8.99. The lowest BCUT2D eigenvalue weighted by atomic mass is 10.1. The number of carbonyl (C=O) groups excluding carboxylic acids is 2. The topological polar surface area (TPSA) is 85.8 Å². The van der Waals surface area contributed by atoms with Crippen LogP contribution in [0.1, 0.15) is 29.8 Å². The van der Waals surface area contributed by atoms with E-state index in [2.05, 4.69) is 41.0 Å². The van der Waals surface area contributed by atoms with E-state index in [4.69, 9.17) is 0 Å². The maximum Gasteiger partial charge on any atom is 0.254 e. The zero-order valence-electron chi connectivity index (χ0n) is 16.9. The number of carbonyl (C=O) groups is 2. The third-order valence-electron chi connectivity index (χ3n) is 4.44. The summed E-state index contributed by atoms with van der Waals surface area (Å²) in [6.07, 6.45) is 2.09. The predicted octanol–water partition coefficient (Wildman–Crippen LogP) is 1.68. The van der Waals surface area contributed by atoms with Crippen LogP contribution in [0, 0.1) is 0 Å².